The van der Waals surface area contributed by atoms with E-state index in [1.807, 2.05) is 18.5 Å². The lowest BCUT2D eigenvalue weighted by molar-refractivity contribution is -0.125. The van der Waals surface area contributed by atoms with Crippen molar-refractivity contribution in [2.45, 2.75) is 52.0 Å². The molecule has 0 aliphatic heterocycles. The van der Waals surface area contributed by atoms with E-state index in [2.05, 4.69) is 10.1 Å². The minimum Gasteiger partial charge on any atom is -0.330 e. The first kappa shape index (κ1) is 14.2. The highest BCUT2D eigenvalue weighted by Gasteiger charge is 2.30. The first-order chi connectivity index (χ1) is 9.13. The second-order valence-electron chi connectivity index (χ2n) is 5.74. The van der Waals surface area contributed by atoms with Crippen LogP contribution in [0.1, 0.15) is 51.4 Å². The van der Waals surface area contributed by atoms with Crippen molar-refractivity contribution < 1.29 is 4.79 Å². The molecule has 0 radical (unpaired) electrons. The molecule has 0 bridgehead atoms. The van der Waals surface area contributed by atoms with E-state index in [1.54, 1.807) is 0 Å². The fourth-order valence-electron chi connectivity index (χ4n) is 3.03. The summed E-state index contributed by atoms with van der Waals surface area (Å²) in [6, 6.07) is 0.238. The summed E-state index contributed by atoms with van der Waals surface area (Å²) in [6.07, 6.45) is 6.33. The Bertz CT molecular complexity index is 427. The number of nitrogens with zero attached hydrogens (tertiary/aromatic N) is 3. The lowest BCUT2D eigenvalue weighted by Gasteiger charge is -2.29. The molecule has 106 valence electrons. The van der Waals surface area contributed by atoms with Crippen LogP contribution >= 0.6 is 0 Å². The van der Waals surface area contributed by atoms with Crippen molar-refractivity contribution in [1.82, 2.24) is 14.8 Å². The van der Waals surface area contributed by atoms with Crippen LogP contribution in [-0.2, 0) is 11.2 Å². The first-order valence-electron chi connectivity index (χ1n) is 7.24. The van der Waals surface area contributed by atoms with E-state index < -0.39 is 0 Å². The highest BCUT2D eigenvalue weighted by Crippen LogP contribution is 2.30. The molecule has 2 atom stereocenters. The fraction of sp³-hybridized carbons (Fsp3) is 0.786. The molecule has 1 heterocycles. The van der Waals surface area contributed by atoms with Gasteiger partial charge in [-0.25, -0.2) is 9.67 Å². The van der Waals surface area contributed by atoms with Gasteiger partial charge in [-0.15, -0.1) is 0 Å². The third-order valence-electron chi connectivity index (χ3n) is 4.09. The normalized spacial score (nSPS) is 23.8. The summed E-state index contributed by atoms with van der Waals surface area (Å²) < 4.78 is 1.83. The molecule has 1 fully saturated rings. The van der Waals surface area contributed by atoms with Crippen LogP contribution in [-0.4, -0.2) is 27.1 Å². The second kappa shape index (κ2) is 6.28. The van der Waals surface area contributed by atoms with Gasteiger partial charge >= 0.3 is 0 Å². The van der Waals surface area contributed by atoms with Crippen molar-refractivity contribution in [3.05, 3.63) is 12.2 Å². The molecule has 1 aliphatic rings. The van der Waals surface area contributed by atoms with Crippen molar-refractivity contribution in [1.29, 1.82) is 0 Å². The monoisotopic (exact) mass is 264 g/mol. The van der Waals surface area contributed by atoms with Gasteiger partial charge in [0, 0.05) is 12.0 Å². The van der Waals surface area contributed by atoms with E-state index in [0.717, 1.165) is 25.1 Å². The van der Waals surface area contributed by atoms with E-state index >= 15 is 0 Å². The summed E-state index contributed by atoms with van der Waals surface area (Å²) in [5.41, 5.74) is 5.80. The molecule has 1 aromatic rings. The lowest BCUT2D eigenvalue weighted by Crippen LogP contribution is -2.33. The molecule has 1 aromatic heterocycles. The number of carbonyl (C=O) groups excluding carboxylic acids is 1. The number of aromatic nitrogens is 3. The Labute approximate surface area is 114 Å². The van der Waals surface area contributed by atoms with Crippen LogP contribution in [0.2, 0.25) is 0 Å². The lowest BCUT2D eigenvalue weighted by atomic mass is 9.76. The predicted octanol–water partition coefficient (Wildman–Crippen LogP) is 1.74. The maximum absolute atomic E-state index is 12.5. The zero-order valence-electron chi connectivity index (χ0n) is 11.9. The molecular weight excluding hydrogens is 240 g/mol. The highest BCUT2D eigenvalue weighted by molar-refractivity contribution is 5.83. The molecule has 5 nitrogen and oxygen atoms in total. The number of rotatable bonds is 5. The maximum Gasteiger partial charge on any atom is 0.143 e. The number of nitrogens with two attached hydrogens (primary N) is 1. The minimum absolute atomic E-state index is 0.121. The topological polar surface area (TPSA) is 73.8 Å². The molecule has 0 saturated heterocycles. The molecule has 2 unspecified atom stereocenters. The van der Waals surface area contributed by atoms with Crippen LogP contribution in [0.15, 0.2) is 6.33 Å². The zero-order chi connectivity index (χ0) is 13.8. The van der Waals surface area contributed by atoms with E-state index in [-0.39, 0.29) is 17.7 Å². The average molecular weight is 264 g/mol. The van der Waals surface area contributed by atoms with Crippen LogP contribution in [0.3, 0.4) is 0 Å². The van der Waals surface area contributed by atoms with Crippen molar-refractivity contribution in [2.75, 3.05) is 6.54 Å². The summed E-state index contributed by atoms with van der Waals surface area (Å²) in [6.45, 7) is 4.71. The second-order valence-corrected chi connectivity index (χ2v) is 5.74. The van der Waals surface area contributed by atoms with E-state index in [4.69, 9.17) is 5.73 Å². The standard InChI is InChI=1S/C14H24N4O/c1-10(2)18-14(16-9-17-18)7-13(19)12-6-4-3-5-11(12)8-15/h9-12H,3-8,15H2,1-2H3. The van der Waals surface area contributed by atoms with Gasteiger partial charge in [-0.05, 0) is 39.2 Å². The van der Waals surface area contributed by atoms with Crippen LogP contribution in [0.5, 0.6) is 0 Å². The van der Waals surface area contributed by atoms with Crippen LogP contribution in [0, 0.1) is 11.8 Å². The van der Waals surface area contributed by atoms with Crippen LogP contribution < -0.4 is 5.73 Å². The molecule has 1 saturated carbocycles. The number of hydrogen-bond donors (Lipinski definition) is 1. The van der Waals surface area contributed by atoms with Gasteiger partial charge < -0.3 is 5.73 Å². The summed E-state index contributed by atoms with van der Waals surface area (Å²) in [5.74, 6) is 1.54. The number of ketones is 1. The summed E-state index contributed by atoms with van der Waals surface area (Å²) in [4.78, 5) is 16.7. The van der Waals surface area contributed by atoms with Crippen LogP contribution in [0.4, 0.5) is 0 Å². The minimum atomic E-state index is 0.121. The van der Waals surface area contributed by atoms with E-state index in [1.165, 1.54) is 12.7 Å². The summed E-state index contributed by atoms with van der Waals surface area (Å²) >= 11 is 0. The van der Waals surface area contributed by atoms with Gasteiger partial charge in [-0.3, -0.25) is 4.79 Å². The number of Topliss-reactive ketones (excluding diaryl/α,β-unsaturated/α-hetero) is 1. The first-order valence-corrected chi connectivity index (χ1v) is 7.24. The van der Waals surface area contributed by atoms with Crippen molar-refractivity contribution >= 4 is 5.78 Å². The Hall–Kier alpha value is -1.23. The van der Waals surface area contributed by atoms with Gasteiger partial charge in [-0.1, -0.05) is 12.8 Å². The Morgan fingerprint density at radius 2 is 2.21 bits per heavy atom. The third-order valence-corrected chi connectivity index (χ3v) is 4.09. The van der Waals surface area contributed by atoms with Gasteiger partial charge in [0.25, 0.3) is 0 Å². The maximum atomic E-state index is 12.5. The number of carbonyl (C=O) groups is 1. The smallest absolute Gasteiger partial charge is 0.143 e. The molecule has 5 heteroatoms. The van der Waals surface area contributed by atoms with E-state index in [0.29, 0.717) is 18.9 Å². The van der Waals surface area contributed by atoms with Gasteiger partial charge in [0.1, 0.15) is 17.9 Å². The molecule has 0 aromatic carbocycles. The SMILES string of the molecule is CC(C)n1ncnc1CC(=O)C1CCCCC1CN. The van der Waals surface area contributed by atoms with Gasteiger partial charge in [0.2, 0.25) is 0 Å². The highest BCUT2D eigenvalue weighted by atomic mass is 16.1. The quantitative estimate of drug-likeness (QED) is 0.879. The summed E-state index contributed by atoms with van der Waals surface area (Å²) in [7, 11) is 0. The Balaban J connectivity index is 2.05. The average Bonchev–Trinajstić information content (AvgIpc) is 2.87. The molecule has 1 aliphatic carbocycles. The van der Waals surface area contributed by atoms with Crippen molar-refractivity contribution in [2.24, 2.45) is 17.6 Å². The van der Waals surface area contributed by atoms with Gasteiger partial charge in [0.15, 0.2) is 0 Å². The third kappa shape index (κ3) is 3.21. The van der Waals surface area contributed by atoms with E-state index in [9.17, 15) is 4.79 Å². The van der Waals surface area contributed by atoms with Gasteiger partial charge in [0.05, 0.1) is 6.42 Å². The molecular formula is C14H24N4O. The molecule has 0 amide bonds. The van der Waals surface area contributed by atoms with Crippen molar-refractivity contribution in [3.8, 4) is 0 Å². The molecule has 19 heavy (non-hydrogen) atoms. The zero-order valence-corrected chi connectivity index (χ0v) is 11.9. The van der Waals surface area contributed by atoms with Crippen molar-refractivity contribution in [3.63, 3.8) is 0 Å². The molecule has 0 spiro atoms. The molecule has 2 N–H and O–H groups in total. The largest absolute Gasteiger partial charge is 0.330 e. The summed E-state index contributed by atoms with van der Waals surface area (Å²) in [5, 5.41) is 4.18. The Morgan fingerprint density at radius 3 is 2.89 bits per heavy atom. The molecule has 2 rings (SSSR count). The van der Waals surface area contributed by atoms with Gasteiger partial charge in [-0.2, -0.15) is 5.10 Å². The predicted molar refractivity (Wildman–Crippen MR) is 73.6 cm³/mol. The Kier molecular flexibility index (Phi) is 4.69. The Morgan fingerprint density at radius 1 is 1.47 bits per heavy atom. The van der Waals surface area contributed by atoms with Crippen LogP contribution in [0.25, 0.3) is 0 Å². The fourth-order valence-corrected chi connectivity index (χ4v) is 3.03. The number of hydrogen-bond acceptors (Lipinski definition) is 4.